The van der Waals surface area contributed by atoms with E-state index in [-0.39, 0.29) is 5.91 Å². The zero-order valence-corrected chi connectivity index (χ0v) is 14.0. The number of rotatable bonds is 4. The van der Waals surface area contributed by atoms with Gasteiger partial charge in [-0.2, -0.15) is 0 Å². The van der Waals surface area contributed by atoms with Crippen molar-refractivity contribution in [2.75, 3.05) is 11.9 Å². The highest BCUT2D eigenvalue weighted by Crippen LogP contribution is 2.49. The lowest BCUT2D eigenvalue weighted by Crippen LogP contribution is -2.26. The molecule has 1 fully saturated rings. The smallest absolute Gasteiger partial charge is 0.227 e. The molecule has 4 nitrogen and oxygen atoms in total. The summed E-state index contributed by atoms with van der Waals surface area (Å²) < 4.78 is 0. The van der Waals surface area contributed by atoms with Crippen molar-refractivity contribution in [1.82, 2.24) is 9.97 Å². The van der Waals surface area contributed by atoms with Gasteiger partial charge in [0.2, 0.25) is 5.91 Å². The fourth-order valence-corrected chi connectivity index (χ4v) is 3.42. The van der Waals surface area contributed by atoms with Crippen LogP contribution in [-0.2, 0) is 4.79 Å². The molecule has 4 heteroatoms. The molecule has 3 aromatic rings. The third-order valence-corrected chi connectivity index (χ3v) is 4.93. The van der Waals surface area contributed by atoms with E-state index in [0.29, 0.717) is 18.3 Å². The number of aryl methyl sites for hydroxylation is 1. The number of carbonyl (C=O) groups excluding carboxylic acids is 1. The number of imidazole rings is 1. The summed E-state index contributed by atoms with van der Waals surface area (Å²) in [5, 5.41) is 0. The number of benzene rings is 2. The van der Waals surface area contributed by atoms with Crippen molar-refractivity contribution in [2.45, 2.75) is 25.7 Å². The number of amides is 1. The summed E-state index contributed by atoms with van der Waals surface area (Å²) in [7, 11) is 1.85. The van der Waals surface area contributed by atoms with Crippen LogP contribution in [-0.4, -0.2) is 22.9 Å². The number of aromatic nitrogens is 2. The van der Waals surface area contributed by atoms with Gasteiger partial charge in [0.1, 0.15) is 5.82 Å². The average Bonchev–Trinajstić information content (AvgIpc) is 3.25. The molecule has 4 rings (SSSR count). The number of carbonyl (C=O) groups is 1. The molecule has 1 aromatic heterocycles. The number of aromatic amines is 1. The van der Waals surface area contributed by atoms with Crippen molar-refractivity contribution < 1.29 is 4.79 Å². The van der Waals surface area contributed by atoms with E-state index in [1.165, 1.54) is 5.56 Å². The van der Waals surface area contributed by atoms with Crippen LogP contribution < -0.4 is 4.90 Å². The molecule has 122 valence electrons. The van der Waals surface area contributed by atoms with E-state index in [4.69, 9.17) is 0 Å². The summed E-state index contributed by atoms with van der Waals surface area (Å²) >= 11 is 0. The molecule has 1 N–H and O–H groups in total. The van der Waals surface area contributed by atoms with Crippen molar-refractivity contribution in [3.05, 3.63) is 59.9 Å². The summed E-state index contributed by atoms with van der Waals surface area (Å²) in [6.07, 6.45) is 1.72. The van der Waals surface area contributed by atoms with E-state index in [2.05, 4.69) is 34.2 Å². The van der Waals surface area contributed by atoms with Crippen LogP contribution >= 0.6 is 0 Å². The van der Waals surface area contributed by atoms with Gasteiger partial charge in [-0.25, -0.2) is 4.98 Å². The fraction of sp³-hybridized carbons (Fsp3) is 0.300. The maximum atomic E-state index is 12.6. The fourth-order valence-electron chi connectivity index (χ4n) is 3.42. The van der Waals surface area contributed by atoms with Crippen LogP contribution in [0.2, 0.25) is 0 Å². The van der Waals surface area contributed by atoms with Crippen molar-refractivity contribution in [2.24, 2.45) is 5.92 Å². The highest BCUT2D eigenvalue weighted by Gasteiger charge is 2.39. The Hall–Kier alpha value is -2.62. The van der Waals surface area contributed by atoms with Crippen molar-refractivity contribution in [3.63, 3.8) is 0 Å². The van der Waals surface area contributed by atoms with Crippen LogP contribution in [0.1, 0.15) is 30.1 Å². The van der Waals surface area contributed by atoms with Gasteiger partial charge in [-0.05, 0) is 48.9 Å². The van der Waals surface area contributed by atoms with Gasteiger partial charge < -0.3 is 9.88 Å². The first kappa shape index (κ1) is 14.9. The Morgan fingerprint density at radius 3 is 2.83 bits per heavy atom. The summed E-state index contributed by atoms with van der Waals surface area (Å²) in [5.41, 5.74) is 4.17. The van der Waals surface area contributed by atoms with E-state index < -0.39 is 0 Å². The van der Waals surface area contributed by atoms with Crippen LogP contribution in [0.15, 0.2) is 48.5 Å². The second-order valence-corrected chi connectivity index (χ2v) is 6.69. The molecule has 1 aliphatic carbocycles. The Morgan fingerprint density at radius 2 is 2.04 bits per heavy atom. The van der Waals surface area contributed by atoms with E-state index >= 15 is 0 Å². The van der Waals surface area contributed by atoms with Crippen LogP contribution in [0.5, 0.6) is 0 Å². The van der Waals surface area contributed by atoms with E-state index in [9.17, 15) is 4.79 Å². The van der Waals surface area contributed by atoms with Crippen LogP contribution in [0.25, 0.3) is 11.0 Å². The zero-order valence-electron chi connectivity index (χ0n) is 14.0. The number of anilines is 1. The normalized spacial score (nSPS) is 19.4. The minimum atomic E-state index is 0.175. The van der Waals surface area contributed by atoms with Gasteiger partial charge in [-0.3, -0.25) is 4.79 Å². The maximum Gasteiger partial charge on any atom is 0.227 e. The van der Waals surface area contributed by atoms with E-state index in [1.807, 2.05) is 38.2 Å². The largest absolute Gasteiger partial charge is 0.342 e. The number of fused-ring (bicyclic) bond motifs is 1. The van der Waals surface area contributed by atoms with Gasteiger partial charge in [-0.1, -0.05) is 30.3 Å². The highest BCUT2D eigenvalue weighted by atomic mass is 16.2. The predicted molar refractivity (Wildman–Crippen MR) is 96.1 cm³/mol. The lowest BCUT2D eigenvalue weighted by atomic mass is 10.1. The van der Waals surface area contributed by atoms with Crippen molar-refractivity contribution in [3.8, 4) is 0 Å². The van der Waals surface area contributed by atoms with Gasteiger partial charge in [0.15, 0.2) is 0 Å². The van der Waals surface area contributed by atoms with E-state index in [1.54, 1.807) is 4.90 Å². The van der Waals surface area contributed by atoms with Gasteiger partial charge >= 0.3 is 0 Å². The molecule has 0 bridgehead atoms. The SMILES string of the molecule is Cc1nc2ccc(N(C)C(=O)C[C@@H]3C[C@H]3c3ccccc3)cc2[nH]1. The van der Waals surface area contributed by atoms with Crippen LogP contribution in [0, 0.1) is 12.8 Å². The Morgan fingerprint density at radius 1 is 1.25 bits per heavy atom. The predicted octanol–water partition coefficient (Wildman–Crippen LogP) is 4.03. The molecule has 2 aromatic carbocycles. The number of hydrogen-bond acceptors (Lipinski definition) is 2. The third kappa shape index (κ3) is 2.80. The van der Waals surface area contributed by atoms with Gasteiger partial charge in [0, 0.05) is 19.2 Å². The lowest BCUT2D eigenvalue weighted by Gasteiger charge is -2.17. The molecule has 1 amide bonds. The molecule has 2 atom stereocenters. The topological polar surface area (TPSA) is 49.0 Å². The Kier molecular flexibility index (Phi) is 3.60. The molecular formula is C20H21N3O. The summed E-state index contributed by atoms with van der Waals surface area (Å²) in [6.45, 7) is 1.94. The minimum absolute atomic E-state index is 0.175. The zero-order chi connectivity index (χ0) is 16.7. The molecule has 0 aliphatic heterocycles. The first-order valence-corrected chi connectivity index (χ1v) is 8.39. The maximum absolute atomic E-state index is 12.6. The number of hydrogen-bond donors (Lipinski definition) is 1. The Labute approximate surface area is 141 Å². The third-order valence-electron chi connectivity index (χ3n) is 4.93. The number of nitrogens with one attached hydrogen (secondary N) is 1. The van der Waals surface area contributed by atoms with Gasteiger partial charge in [0.25, 0.3) is 0 Å². The lowest BCUT2D eigenvalue weighted by molar-refractivity contribution is -0.118. The molecule has 0 saturated heterocycles. The summed E-state index contributed by atoms with van der Waals surface area (Å²) in [6, 6.07) is 16.4. The quantitative estimate of drug-likeness (QED) is 0.789. The molecular weight excluding hydrogens is 298 g/mol. The molecule has 0 radical (unpaired) electrons. The molecule has 0 spiro atoms. The monoisotopic (exact) mass is 319 g/mol. The second-order valence-electron chi connectivity index (χ2n) is 6.69. The molecule has 24 heavy (non-hydrogen) atoms. The first-order chi connectivity index (χ1) is 11.6. The highest BCUT2D eigenvalue weighted by molar-refractivity contribution is 5.95. The van der Waals surface area contributed by atoms with Crippen molar-refractivity contribution >= 4 is 22.6 Å². The molecule has 1 aliphatic rings. The first-order valence-electron chi connectivity index (χ1n) is 8.39. The van der Waals surface area contributed by atoms with Crippen molar-refractivity contribution in [1.29, 1.82) is 0 Å². The number of H-pyrrole nitrogens is 1. The summed E-state index contributed by atoms with van der Waals surface area (Å²) in [4.78, 5) is 22.0. The standard InChI is InChI=1S/C20H21N3O/c1-13-21-18-9-8-16(12-19(18)22-13)23(2)20(24)11-15-10-17(15)14-6-4-3-5-7-14/h3-9,12,15,17H,10-11H2,1-2H3,(H,21,22)/t15-,17-/m0/s1. The number of nitrogens with zero attached hydrogens (tertiary/aromatic N) is 2. The van der Waals surface area contributed by atoms with E-state index in [0.717, 1.165) is 29.0 Å². The molecule has 0 unspecified atom stereocenters. The van der Waals surface area contributed by atoms with Crippen LogP contribution in [0.3, 0.4) is 0 Å². The Bertz CT molecular complexity index is 884. The average molecular weight is 319 g/mol. The summed E-state index contributed by atoms with van der Waals surface area (Å²) in [5.74, 6) is 2.08. The Balaban J connectivity index is 1.44. The van der Waals surface area contributed by atoms with Gasteiger partial charge in [0.05, 0.1) is 11.0 Å². The second kappa shape index (κ2) is 5.78. The minimum Gasteiger partial charge on any atom is -0.342 e. The molecule has 1 heterocycles. The van der Waals surface area contributed by atoms with Crippen LogP contribution in [0.4, 0.5) is 5.69 Å². The van der Waals surface area contributed by atoms with Gasteiger partial charge in [-0.15, -0.1) is 0 Å². The molecule has 1 saturated carbocycles.